The predicted octanol–water partition coefficient (Wildman–Crippen LogP) is 1.77. The lowest BCUT2D eigenvalue weighted by atomic mass is 10.3. The van der Waals surface area contributed by atoms with Gasteiger partial charge in [0.1, 0.15) is 0 Å². The van der Waals surface area contributed by atoms with Crippen molar-refractivity contribution in [2.45, 2.75) is 0 Å². The van der Waals surface area contributed by atoms with Crippen LogP contribution in [0.15, 0.2) is 35.4 Å². The van der Waals surface area contributed by atoms with Crippen molar-refractivity contribution < 1.29 is 0 Å². The number of nitrogens with zero attached hydrogens (tertiary/aromatic N) is 1. The number of hydrogen-bond acceptors (Lipinski definition) is 2. The maximum absolute atomic E-state index is 11.1. The Morgan fingerprint density at radius 1 is 1.23 bits per heavy atom. The van der Waals surface area contributed by atoms with Crippen molar-refractivity contribution in [1.29, 1.82) is 0 Å². The van der Waals surface area contributed by atoms with Gasteiger partial charge in [-0.3, -0.25) is 9.78 Å². The zero-order chi connectivity index (χ0) is 7.68. The molecule has 0 spiro atoms. The zero-order valence-electron chi connectivity index (χ0n) is 6.56. The minimum absolute atomic E-state index is 0. The topological polar surface area (TPSA) is 45.8 Å². The van der Waals surface area contributed by atoms with Crippen molar-refractivity contribution in [2.24, 2.45) is 0 Å². The molecule has 0 aliphatic rings. The van der Waals surface area contributed by atoms with E-state index in [0.29, 0.717) is 5.39 Å². The van der Waals surface area contributed by atoms with Crippen LogP contribution < -0.4 is 5.56 Å². The van der Waals surface area contributed by atoms with E-state index >= 15 is 0 Å². The van der Waals surface area contributed by atoms with Gasteiger partial charge in [-0.2, -0.15) is 0 Å². The van der Waals surface area contributed by atoms with E-state index in [0.717, 1.165) is 5.52 Å². The molecule has 0 fully saturated rings. The Morgan fingerprint density at radius 2 is 2.00 bits per heavy atom. The van der Waals surface area contributed by atoms with Crippen LogP contribution in [0.2, 0.25) is 0 Å². The highest BCUT2D eigenvalue weighted by molar-refractivity contribution is 5.85. The van der Waals surface area contributed by atoms with Crippen LogP contribution in [-0.4, -0.2) is 9.97 Å². The molecule has 1 N–H and O–H groups in total. The summed E-state index contributed by atoms with van der Waals surface area (Å²) >= 11 is 0. The van der Waals surface area contributed by atoms with E-state index in [-0.39, 0.29) is 30.4 Å². The molecule has 2 aromatic rings. The number of hydrogen-bond donors (Lipinski definition) is 1. The van der Waals surface area contributed by atoms with Crippen molar-refractivity contribution in [2.75, 3.05) is 0 Å². The van der Waals surface area contributed by atoms with Gasteiger partial charge in [-0.25, -0.2) is 0 Å². The summed E-state index contributed by atoms with van der Waals surface area (Å²) in [6, 6.07) is 5.27. The molecule has 70 valence electrons. The summed E-state index contributed by atoms with van der Waals surface area (Å²) in [5.74, 6) is 0. The van der Waals surface area contributed by atoms with Crippen LogP contribution in [0.25, 0.3) is 10.9 Å². The standard InChI is InChI=1S/C8H6N2O.2ClH/c11-8-6-2-1-4-9-7(6)3-5-10-8;;/h1-5H,(H,10,11);2*1H. The largest absolute Gasteiger partial charge is 0.328 e. The molecule has 0 radical (unpaired) electrons. The van der Waals surface area contributed by atoms with Gasteiger partial charge in [0, 0.05) is 12.4 Å². The van der Waals surface area contributed by atoms with Gasteiger partial charge < -0.3 is 4.98 Å². The van der Waals surface area contributed by atoms with Crippen LogP contribution in [0.5, 0.6) is 0 Å². The van der Waals surface area contributed by atoms with Crippen LogP contribution in [0, 0.1) is 0 Å². The molecular weight excluding hydrogens is 211 g/mol. The van der Waals surface area contributed by atoms with Crippen molar-refractivity contribution in [3.63, 3.8) is 0 Å². The van der Waals surface area contributed by atoms with Gasteiger partial charge in [0.15, 0.2) is 0 Å². The van der Waals surface area contributed by atoms with Gasteiger partial charge in [-0.1, -0.05) is 0 Å². The lowest BCUT2D eigenvalue weighted by molar-refractivity contribution is 1.26. The van der Waals surface area contributed by atoms with E-state index in [1.54, 1.807) is 30.6 Å². The molecule has 2 heterocycles. The first-order valence-electron chi connectivity index (χ1n) is 3.30. The summed E-state index contributed by atoms with van der Waals surface area (Å²) < 4.78 is 0. The summed E-state index contributed by atoms with van der Waals surface area (Å²) in [5.41, 5.74) is 0.645. The fourth-order valence-electron chi connectivity index (χ4n) is 1.02. The third kappa shape index (κ3) is 2.20. The molecule has 13 heavy (non-hydrogen) atoms. The molecule has 3 nitrogen and oxygen atoms in total. The highest BCUT2D eigenvalue weighted by Crippen LogP contribution is 2.01. The first-order valence-corrected chi connectivity index (χ1v) is 3.30. The van der Waals surface area contributed by atoms with Gasteiger partial charge in [0.25, 0.3) is 5.56 Å². The lowest BCUT2D eigenvalue weighted by Crippen LogP contribution is -2.04. The van der Waals surface area contributed by atoms with E-state index < -0.39 is 0 Å². The molecule has 0 aliphatic heterocycles. The summed E-state index contributed by atoms with van der Waals surface area (Å²) in [5, 5.41) is 0.634. The predicted molar refractivity (Wildman–Crippen MR) is 56.9 cm³/mol. The Hall–Kier alpha value is -1.06. The highest BCUT2D eigenvalue weighted by atomic mass is 35.5. The average Bonchev–Trinajstić information content (AvgIpc) is 2.06. The summed E-state index contributed by atoms with van der Waals surface area (Å²) in [4.78, 5) is 17.7. The van der Waals surface area contributed by atoms with Crippen LogP contribution >= 0.6 is 24.8 Å². The number of pyridine rings is 2. The van der Waals surface area contributed by atoms with E-state index in [2.05, 4.69) is 9.97 Å². The van der Waals surface area contributed by atoms with Crippen molar-refractivity contribution in [1.82, 2.24) is 9.97 Å². The van der Waals surface area contributed by atoms with Gasteiger partial charge in [0.2, 0.25) is 0 Å². The third-order valence-corrected chi connectivity index (χ3v) is 1.54. The minimum atomic E-state index is -0.0874. The molecule has 2 rings (SSSR count). The zero-order valence-corrected chi connectivity index (χ0v) is 8.19. The molecule has 0 atom stereocenters. The maximum atomic E-state index is 11.1. The Kier molecular flexibility index (Phi) is 4.45. The van der Waals surface area contributed by atoms with E-state index in [1.807, 2.05) is 0 Å². The van der Waals surface area contributed by atoms with Crippen molar-refractivity contribution in [3.05, 3.63) is 40.9 Å². The van der Waals surface area contributed by atoms with Crippen molar-refractivity contribution >= 4 is 35.7 Å². The first kappa shape index (κ1) is 11.9. The van der Waals surface area contributed by atoms with Gasteiger partial charge >= 0.3 is 0 Å². The summed E-state index contributed by atoms with van der Waals surface area (Å²) in [6.07, 6.45) is 3.26. The number of aromatic nitrogens is 2. The minimum Gasteiger partial charge on any atom is -0.328 e. The Labute approximate surface area is 87.0 Å². The SMILES string of the molecule is Cl.Cl.O=c1[nH]ccc2ncccc12. The van der Waals surface area contributed by atoms with Crippen LogP contribution in [0.1, 0.15) is 0 Å². The van der Waals surface area contributed by atoms with E-state index in [9.17, 15) is 4.79 Å². The second-order valence-electron chi connectivity index (χ2n) is 2.24. The number of fused-ring (bicyclic) bond motifs is 1. The Morgan fingerprint density at radius 3 is 2.69 bits per heavy atom. The molecule has 0 amide bonds. The monoisotopic (exact) mass is 218 g/mol. The van der Waals surface area contributed by atoms with E-state index in [4.69, 9.17) is 0 Å². The van der Waals surface area contributed by atoms with Crippen LogP contribution in [0.3, 0.4) is 0 Å². The molecule has 0 aliphatic carbocycles. The molecule has 0 unspecified atom stereocenters. The number of rotatable bonds is 0. The fraction of sp³-hybridized carbons (Fsp3) is 0. The normalized spacial score (nSPS) is 8.62. The molecule has 0 bridgehead atoms. The summed E-state index contributed by atoms with van der Waals surface area (Å²) in [7, 11) is 0. The van der Waals surface area contributed by atoms with Crippen molar-refractivity contribution in [3.8, 4) is 0 Å². The fourth-order valence-corrected chi connectivity index (χ4v) is 1.02. The second-order valence-corrected chi connectivity index (χ2v) is 2.24. The second kappa shape index (κ2) is 4.84. The van der Waals surface area contributed by atoms with Gasteiger partial charge in [-0.05, 0) is 18.2 Å². The molecule has 0 saturated heterocycles. The first-order chi connectivity index (χ1) is 5.38. The third-order valence-electron chi connectivity index (χ3n) is 1.54. The molecule has 2 aromatic heterocycles. The summed E-state index contributed by atoms with van der Waals surface area (Å²) in [6.45, 7) is 0. The smallest absolute Gasteiger partial charge is 0.257 e. The Bertz CT molecular complexity index is 436. The molecule has 5 heteroatoms. The quantitative estimate of drug-likeness (QED) is 0.733. The lowest BCUT2D eigenvalue weighted by Gasteiger charge is -1.91. The number of H-pyrrole nitrogens is 1. The maximum Gasteiger partial charge on any atom is 0.257 e. The van der Waals surface area contributed by atoms with Crippen LogP contribution in [0.4, 0.5) is 0 Å². The average molecular weight is 219 g/mol. The number of nitrogens with one attached hydrogen (secondary N) is 1. The van der Waals surface area contributed by atoms with E-state index in [1.165, 1.54) is 0 Å². The molecular formula is C8H8Cl2N2O. The molecule has 0 aromatic carbocycles. The highest BCUT2D eigenvalue weighted by Gasteiger charge is 1.94. The number of aromatic amines is 1. The van der Waals surface area contributed by atoms with Crippen LogP contribution in [-0.2, 0) is 0 Å². The Balaban J connectivity index is 0.000000720. The number of halogens is 2. The van der Waals surface area contributed by atoms with Gasteiger partial charge in [-0.15, -0.1) is 24.8 Å². The van der Waals surface area contributed by atoms with Gasteiger partial charge in [0.05, 0.1) is 10.9 Å². The molecule has 0 saturated carbocycles.